The smallest absolute Gasteiger partial charge is 0.211 e. The predicted octanol–water partition coefficient (Wildman–Crippen LogP) is 7.69. The van der Waals surface area contributed by atoms with E-state index in [0.29, 0.717) is 37.8 Å². The summed E-state index contributed by atoms with van der Waals surface area (Å²) in [5.74, 6) is 0.147. The van der Waals surface area contributed by atoms with Gasteiger partial charge in [0, 0.05) is 45.3 Å². The lowest BCUT2D eigenvalue weighted by molar-refractivity contribution is -0.173. The highest BCUT2D eigenvalue weighted by Gasteiger charge is 2.74. The third-order valence-electron chi connectivity index (χ3n) is 14.3. The molecule has 264 valence electrons. The maximum Gasteiger partial charge on any atom is 0.211 e. The van der Waals surface area contributed by atoms with Gasteiger partial charge in [0.25, 0.3) is 0 Å². The van der Waals surface area contributed by atoms with Crippen molar-refractivity contribution in [2.45, 2.75) is 76.9 Å². The minimum atomic E-state index is -3.59. The second-order valence-electron chi connectivity index (χ2n) is 16.5. The number of carbonyl (C=O) groups excluding carboxylic acids is 1. The van der Waals surface area contributed by atoms with Gasteiger partial charge in [-0.2, -0.15) is 4.31 Å². The van der Waals surface area contributed by atoms with Crippen LogP contribution in [0.1, 0.15) is 74.0 Å². The molecule has 0 aliphatic heterocycles. The first kappa shape index (κ1) is 34.2. The van der Waals surface area contributed by atoms with E-state index in [0.717, 1.165) is 47.3 Å². The van der Waals surface area contributed by atoms with Crippen molar-refractivity contribution in [2.75, 3.05) is 19.3 Å². The van der Waals surface area contributed by atoms with Crippen LogP contribution in [-0.2, 0) is 16.4 Å². The van der Waals surface area contributed by atoms with E-state index >= 15 is 0 Å². The van der Waals surface area contributed by atoms with E-state index < -0.39 is 38.0 Å². The molecule has 6 aliphatic rings. The van der Waals surface area contributed by atoms with Crippen molar-refractivity contribution in [1.82, 2.24) is 4.31 Å². The zero-order valence-electron chi connectivity index (χ0n) is 29.3. The molecular weight excluding hydrogens is 663 g/mol. The number of fused-ring (bicyclic) bond motifs is 1. The van der Waals surface area contributed by atoms with Crippen LogP contribution < -0.4 is 0 Å². The molecule has 2 bridgehead atoms. The zero-order valence-corrected chi connectivity index (χ0v) is 31.0. The molecule has 8 heteroatoms. The van der Waals surface area contributed by atoms with Gasteiger partial charge in [-0.15, -0.1) is 11.3 Å². The van der Waals surface area contributed by atoms with Crippen molar-refractivity contribution in [3.8, 4) is 11.1 Å². The molecule has 3 fully saturated rings. The van der Waals surface area contributed by atoms with E-state index in [1.54, 1.807) is 11.3 Å². The molecule has 8 unspecified atom stereocenters. The quantitative estimate of drug-likeness (QED) is 0.175. The summed E-state index contributed by atoms with van der Waals surface area (Å²) in [5, 5.41) is 25.8. The van der Waals surface area contributed by atoms with Crippen molar-refractivity contribution < 1.29 is 23.4 Å². The van der Waals surface area contributed by atoms with E-state index in [2.05, 4.69) is 44.2 Å². The topological polar surface area (TPSA) is 94.9 Å². The first-order chi connectivity index (χ1) is 23.7. The lowest BCUT2D eigenvalue weighted by Gasteiger charge is -2.71. The molecule has 2 aromatic carbocycles. The summed E-state index contributed by atoms with van der Waals surface area (Å²) >= 11 is 1.62. The minimum Gasteiger partial charge on any atom is -0.393 e. The Hall–Kier alpha value is -2.88. The van der Waals surface area contributed by atoms with Crippen LogP contribution in [0.3, 0.4) is 0 Å². The average Bonchev–Trinajstić information content (AvgIpc) is 3.72. The largest absolute Gasteiger partial charge is 0.393 e. The van der Waals surface area contributed by atoms with Crippen molar-refractivity contribution >= 4 is 27.1 Å². The number of aliphatic hydroxyl groups excluding tert-OH is 1. The Labute approximate surface area is 301 Å². The summed E-state index contributed by atoms with van der Waals surface area (Å²) in [6.45, 7) is 4.93. The predicted molar refractivity (Wildman–Crippen MR) is 199 cm³/mol. The molecular formula is C42H49NO5S2. The van der Waals surface area contributed by atoms with Gasteiger partial charge in [0.05, 0.1) is 18.0 Å². The zero-order chi connectivity index (χ0) is 35.2. The molecule has 3 aromatic rings. The molecule has 1 heterocycles. The third kappa shape index (κ3) is 4.96. The van der Waals surface area contributed by atoms with Gasteiger partial charge in [0.2, 0.25) is 10.0 Å². The van der Waals surface area contributed by atoms with Gasteiger partial charge in [-0.3, -0.25) is 4.79 Å². The fourth-order valence-electron chi connectivity index (χ4n) is 11.5. The Morgan fingerprint density at radius 3 is 2.26 bits per heavy atom. The Bertz CT molecular complexity index is 1960. The summed E-state index contributed by atoms with van der Waals surface area (Å²) in [5.41, 5.74) is 0.605. The Kier molecular flexibility index (Phi) is 8.09. The van der Waals surface area contributed by atoms with Crippen LogP contribution in [0.15, 0.2) is 95.9 Å². The average molecular weight is 712 g/mol. The van der Waals surface area contributed by atoms with Gasteiger partial charge < -0.3 is 10.2 Å². The highest BCUT2D eigenvalue weighted by molar-refractivity contribution is 7.88. The van der Waals surface area contributed by atoms with Crippen LogP contribution in [0.5, 0.6) is 0 Å². The fraction of sp³-hybridized carbons (Fsp3) is 0.500. The first-order valence-corrected chi connectivity index (χ1v) is 21.0. The Morgan fingerprint density at radius 2 is 1.56 bits per heavy atom. The minimum absolute atomic E-state index is 0.0221. The van der Waals surface area contributed by atoms with Crippen LogP contribution >= 0.6 is 11.3 Å². The molecule has 50 heavy (non-hydrogen) atoms. The molecule has 0 radical (unpaired) electrons. The molecule has 1 aromatic heterocycles. The molecule has 0 amide bonds. The third-order valence-corrected chi connectivity index (χ3v) is 16.5. The number of carbonyl (C=O) groups is 1. The summed E-state index contributed by atoms with van der Waals surface area (Å²) in [7, 11) is -3.59. The maximum atomic E-state index is 15.0. The summed E-state index contributed by atoms with van der Waals surface area (Å²) in [6.07, 6.45) is 13.3. The van der Waals surface area contributed by atoms with Crippen molar-refractivity contribution in [3.63, 3.8) is 0 Å². The van der Waals surface area contributed by atoms with E-state index in [1.807, 2.05) is 60.0 Å². The monoisotopic (exact) mass is 711 g/mol. The van der Waals surface area contributed by atoms with Crippen molar-refractivity contribution in [1.29, 1.82) is 0 Å². The van der Waals surface area contributed by atoms with Crippen molar-refractivity contribution in [3.05, 3.63) is 106 Å². The van der Waals surface area contributed by atoms with Crippen LogP contribution in [0.4, 0.5) is 0 Å². The number of allylic oxidation sites excluding steroid dienone is 4. The number of hydrogen-bond donors (Lipinski definition) is 2. The summed E-state index contributed by atoms with van der Waals surface area (Å²) in [6, 6.07) is 22.1. The van der Waals surface area contributed by atoms with E-state index in [9.17, 15) is 23.4 Å². The first-order valence-electron chi connectivity index (χ1n) is 18.3. The van der Waals surface area contributed by atoms with Crippen LogP contribution in [0.25, 0.3) is 11.1 Å². The maximum absolute atomic E-state index is 15.0. The molecule has 8 atom stereocenters. The fourth-order valence-corrected chi connectivity index (χ4v) is 13.1. The molecule has 0 saturated heterocycles. The van der Waals surface area contributed by atoms with Crippen LogP contribution in [-0.4, -0.2) is 59.8 Å². The number of ketones is 1. The molecule has 2 spiro atoms. The van der Waals surface area contributed by atoms with E-state index in [-0.39, 0.29) is 29.6 Å². The van der Waals surface area contributed by atoms with Crippen molar-refractivity contribution in [2.24, 2.45) is 33.5 Å². The Balaban J connectivity index is 1.19. The van der Waals surface area contributed by atoms with Gasteiger partial charge in [-0.25, -0.2) is 8.42 Å². The van der Waals surface area contributed by atoms with Gasteiger partial charge in [-0.1, -0.05) is 92.7 Å². The highest BCUT2D eigenvalue weighted by atomic mass is 32.2. The number of sulfonamides is 1. The van der Waals surface area contributed by atoms with Crippen LogP contribution in [0.2, 0.25) is 0 Å². The SMILES string of the molecule is CC12CCC(O)CC13C=CC1(C(C(=O)c4ccc(-c5ccccc5)cc4)=C3)C2CCC2(C)C1CCC2(O)CN(CCc1cccs1)S(C)(=O)=O. The molecule has 6 nitrogen and oxygen atoms in total. The standard InChI is InChI=1S/C42H49NO5S2/c1-38-19-15-32(44)26-40(38)22-23-42(34(27-40)37(45)31-13-11-30(12-14-31)29-8-5-4-6-9-29)35(38)16-20-39(2)36(42)17-21-41(39,46)28-43(50(3,47)48)24-18-33-10-7-25-49-33/h4-14,22-23,25,27,32,35-36,44,46H,15-21,24,26,28H2,1-3H3. The number of thiophene rings is 1. The lowest BCUT2D eigenvalue weighted by Crippen LogP contribution is -2.67. The lowest BCUT2D eigenvalue weighted by atomic mass is 9.32. The molecule has 6 aliphatic carbocycles. The summed E-state index contributed by atoms with van der Waals surface area (Å²) in [4.78, 5) is 16.1. The van der Waals surface area contributed by atoms with Crippen LogP contribution in [0, 0.1) is 33.5 Å². The second-order valence-corrected chi connectivity index (χ2v) is 19.5. The number of rotatable bonds is 9. The number of benzene rings is 2. The Morgan fingerprint density at radius 1 is 0.880 bits per heavy atom. The van der Waals surface area contributed by atoms with Gasteiger partial charge >= 0.3 is 0 Å². The van der Waals surface area contributed by atoms with E-state index in [1.165, 1.54) is 10.6 Å². The highest BCUT2D eigenvalue weighted by Crippen LogP contribution is 2.78. The normalized spacial score (nSPS) is 37.2. The second kappa shape index (κ2) is 11.8. The molecule has 2 N–H and O–H groups in total. The number of nitrogens with zero attached hydrogens (tertiary/aromatic N) is 1. The number of hydrogen-bond acceptors (Lipinski definition) is 6. The molecule has 3 saturated carbocycles. The van der Waals surface area contributed by atoms with E-state index in [4.69, 9.17) is 0 Å². The number of aliphatic hydroxyl groups is 2. The number of Topliss-reactive ketones (excluding diaryl/α,β-unsaturated/α-hetero) is 1. The van der Waals surface area contributed by atoms with Gasteiger partial charge in [-0.05, 0) is 91.2 Å². The molecule has 9 rings (SSSR count). The van der Waals surface area contributed by atoms with Gasteiger partial charge in [0.15, 0.2) is 5.78 Å². The van der Waals surface area contributed by atoms with Gasteiger partial charge in [0.1, 0.15) is 0 Å². The summed E-state index contributed by atoms with van der Waals surface area (Å²) < 4.78 is 27.9.